The Morgan fingerprint density at radius 2 is 2.00 bits per heavy atom. The van der Waals surface area contributed by atoms with Crippen molar-refractivity contribution in [2.45, 2.75) is 70.9 Å². The summed E-state index contributed by atoms with van der Waals surface area (Å²) < 4.78 is 49.7. The summed E-state index contributed by atoms with van der Waals surface area (Å²) in [5, 5.41) is 17.6. The zero-order chi connectivity index (χ0) is 30.3. The van der Waals surface area contributed by atoms with E-state index < -0.39 is 47.9 Å². The van der Waals surface area contributed by atoms with Crippen molar-refractivity contribution in [3.05, 3.63) is 39.4 Å². The van der Waals surface area contributed by atoms with Crippen molar-refractivity contribution in [2.75, 3.05) is 19.6 Å². The molecule has 1 saturated heterocycles. The Balaban J connectivity index is 1.57. The van der Waals surface area contributed by atoms with E-state index in [-0.39, 0.29) is 53.4 Å². The molecule has 5 rings (SSSR count). The van der Waals surface area contributed by atoms with Crippen molar-refractivity contribution in [3.63, 3.8) is 0 Å². The number of aryl methyl sites for hydroxylation is 1. The van der Waals surface area contributed by atoms with E-state index in [0.717, 1.165) is 10.7 Å². The number of rotatable bonds is 8. The molecule has 1 aliphatic carbocycles. The number of likely N-dealkylation sites (tertiary alicyclic amines) is 1. The lowest BCUT2D eigenvalue weighted by atomic mass is 9.66. The maximum atomic E-state index is 15.6. The third kappa shape index (κ3) is 5.31. The van der Waals surface area contributed by atoms with Gasteiger partial charge in [-0.15, -0.1) is 5.10 Å². The molecule has 14 heteroatoms. The van der Waals surface area contributed by atoms with Gasteiger partial charge in [0.25, 0.3) is 6.43 Å². The molecular formula is C28H33ClF3N5O5. The molecule has 2 fully saturated rings. The van der Waals surface area contributed by atoms with Crippen LogP contribution in [-0.2, 0) is 34.5 Å². The molecule has 10 nitrogen and oxygen atoms in total. The first kappa shape index (κ1) is 30.1. The number of alkyl halides is 2. The Kier molecular flexibility index (Phi) is 8.41. The molecule has 3 atom stereocenters. The third-order valence-electron chi connectivity index (χ3n) is 8.99. The van der Waals surface area contributed by atoms with E-state index in [1.807, 2.05) is 0 Å². The standard InChI is InChI=1S/C28H33ClF3N5O5/c1-28(27(40)41)9-4-3-6-16(28)26(39)37-11-8-15-17(29)12-18(30)24(22(15)20(37)13-36-10-5-7-21(36)38)42-14-19-23(25(31)32)35(2)34-33-19/h12,16,20,25H,3-11,13-14H2,1-2H3,(H,40,41)/t16?,20-,28-/m1/s1. The molecule has 1 aromatic carbocycles. The molecule has 42 heavy (non-hydrogen) atoms. The van der Waals surface area contributed by atoms with Crippen molar-refractivity contribution in [1.82, 2.24) is 24.8 Å². The number of amides is 2. The molecule has 3 aliphatic rings. The SMILES string of the molecule is Cn1nnc(COc2c(F)cc(Cl)c3c2[C@@H](CN2CCCC2=O)N(C(=O)C2CCCC[C@@]2(C)C(=O)O)CC3)c1C(F)F. The second-order valence-corrected chi connectivity index (χ2v) is 11.9. The number of halogens is 4. The molecule has 1 unspecified atom stereocenters. The van der Waals surface area contributed by atoms with Crippen LogP contribution in [-0.4, -0.2) is 67.3 Å². The van der Waals surface area contributed by atoms with E-state index >= 15 is 4.39 Å². The summed E-state index contributed by atoms with van der Waals surface area (Å²) in [4.78, 5) is 42.4. The van der Waals surface area contributed by atoms with Crippen LogP contribution in [0.15, 0.2) is 6.07 Å². The van der Waals surface area contributed by atoms with Crippen LogP contribution in [0.25, 0.3) is 0 Å². The molecule has 2 aliphatic heterocycles. The molecular weight excluding hydrogens is 579 g/mol. The van der Waals surface area contributed by atoms with Crippen LogP contribution in [0.2, 0.25) is 5.02 Å². The van der Waals surface area contributed by atoms with Crippen molar-refractivity contribution in [1.29, 1.82) is 0 Å². The fourth-order valence-corrected chi connectivity index (χ4v) is 6.91. The summed E-state index contributed by atoms with van der Waals surface area (Å²) in [5.41, 5.74) is -1.16. The first-order chi connectivity index (χ1) is 19.9. The van der Waals surface area contributed by atoms with Gasteiger partial charge in [0.2, 0.25) is 11.8 Å². The number of carboxylic acids is 1. The molecule has 1 N–H and O–H groups in total. The van der Waals surface area contributed by atoms with Crippen LogP contribution >= 0.6 is 11.6 Å². The summed E-state index contributed by atoms with van der Waals surface area (Å²) in [5.74, 6) is -3.51. The maximum absolute atomic E-state index is 15.6. The highest BCUT2D eigenvalue weighted by Crippen LogP contribution is 2.47. The van der Waals surface area contributed by atoms with Gasteiger partial charge in [0.1, 0.15) is 18.0 Å². The fourth-order valence-electron chi connectivity index (χ4n) is 6.62. The van der Waals surface area contributed by atoms with Crippen LogP contribution in [0.3, 0.4) is 0 Å². The molecule has 2 amide bonds. The van der Waals surface area contributed by atoms with E-state index in [1.165, 1.54) is 11.9 Å². The number of benzene rings is 1. The Labute approximate surface area is 245 Å². The number of aliphatic carboxylic acids is 1. The molecule has 228 valence electrons. The van der Waals surface area contributed by atoms with Gasteiger partial charge in [-0.25, -0.2) is 17.9 Å². The number of ether oxygens (including phenoxy) is 1. The zero-order valence-electron chi connectivity index (χ0n) is 23.4. The summed E-state index contributed by atoms with van der Waals surface area (Å²) in [7, 11) is 1.31. The Morgan fingerprint density at radius 1 is 1.24 bits per heavy atom. The zero-order valence-corrected chi connectivity index (χ0v) is 24.2. The largest absolute Gasteiger partial charge is 0.484 e. The number of carbonyl (C=O) groups excluding carboxylic acids is 2. The Hall–Kier alpha value is -3.35. The predicted molar refractivity (Wildman–Crippen MR) is 143 cm³/mol. The molecule has 2 aromatic rings. The van der Waals surface area contributed by atoms with Crippen LogP contribution in [0.5, 0.6) is 5.75 Å². The summed E-state index contributed by atoms with van der Waals surface area (Å²) >= 11 is 6.50. The second-order valence-electron chi connectivity index (χ2n) is 11.5. The number of hydrogen-bond acceptors (Lipinski definition) is 6. The van der Waals surface area contributed by atoms with E-state index in [1.54, 1.807) is 11.8 Å². The van der Waals surface area contributed by atoms with E-state index in [9.17, 15) is 28.3 Å². The number of hydrogen-bond donors (Lipinski definition) is 1. The minimum atomic E-state index is -2.89. The van der Waals surface area contributed by atoms with E-state index in [2.05, 4.69) is 10.3 Å². The average molecular weight is 612 g/mol. The number of nitrogens with zero attached hydrogens (tertiary/aromatic N) is 5. The lowest BCUT2D eigenvalue weighted by Crippen LogP contribution is -2.52. The van der Waals surface area contributed by atoms with Gasteiger partial charge in [0.05, 0.1) is 17.4 Å². The first-order valence-corrected chi connectivity index (χ1v) is 14.4. The topological polar surface area (TPSA) is 118 Å². The lowest BCUT2D eigenvalue weighted by molar-refractivity contribution is -0.162. The molecule has 1 saturated carbocycles. The highest BCUT2D eigenvalue weighted by atomic mass is 35.5. The molecule has 0 spiro atoms. The van der Waals surface area contributed by atoms with E-state index in [0.29, 0.717) is 50.6 Å². The van der Waals surface area contributed by atoms with Crippen LogP contribution in [0.4, 0.5) is 13.2 Å². The van der Waals surface area contributed by atoms with Crippen LogP contribution in [0.1, 0.15) is 80.4 Å². The number of fused-ring (bicyclic) bond motifs is 1. The van der Waals surface area contributed by atoms with Gasteiger partial charge in [-0.3, -0.25) is 14.4 Å². The molecule has 1 aromatic heterocycles. The van der Waals surface area contributed by atoms with Gasteiger partial charge in [-0.1, -0.05) is 29.7 Å². The Bertz CT molecular complexity index is 1400. The quantitative estimate of drug-likeness (QED) is 0.468. The number of carbonyl (C=O) groups is 3. The third-order valence-corrected chi connectivity index (χ3v) is 9.32. The minimum absolute atomic E-state index is 0.0254. The second kappa shape index (κ2) is 11.7. The normalized spacial score (nSPS) is 24.3. The molecule has 0 bridgehead atoms. The summed E-state index contributed by atoms with van der Waals surface area (Å²) in [6.45, 7) is 1.70. The summed E-state index contributed by atoms with van der Waals surface area (Å²) in [6, 6.07) is 0.182. The maximum Gasteiger partial charge on any atom is 0.310 e. The van der Waals surface area contributed by atoms with Gasteiger partial charge in [-0.2, -0.15) is 0 Å². The van der Waals surface area contributed by atoms with Crippen LogP contribution in [0, 0.1) is 17.2 Å². The van der Waals surface area contributed by atoms with Crippen molar-refractivity contribution >= 4 is 29.4 Å². The lowest BCUT2D eigenvalue weighted by Gasteiger charge is -2.45. The highest BCUT2D eigenvalue weighted by Gasteiger charge is 2.50. The van der Waals surface area contributed by atoms with Crippen LogP contribution < -0.4 is 4.74 Å². The minimum Gasteiger partial charge on any atom is -0.484 e. The highest BCUT2D eigenvalue weighted by molar-refractivity contribution is 6.31. The van der Waals surface area contributed by atoms with E-state index in [4.69, 9.17) is 16.3 Å². The monoisotopic (exact) mass is 611 g/mol. The van der Waals surface area contributed by atoms with Gasteiger partial charge in [-0.05, 0) is 44.2 Å². The fraction of sp³-hybridized carbons (Fsp3) is 0.607. The van der Waals surface area contributed by atoms with Crippen molar-refractivity contribution < 1.29 is 37.4 Å². The Morgan fingerprint density at radius 3 is 2.67 bits per heavy atom. The predicted octanol–water partition coefficient (Wildman–Crippen LogP) is 4.45. The summed E-state index contributed by atoms with van der Waals surface area (Å²) in [6.07, 6.45) is 0.404. The number of aromatic nitrogens is 3. The first-order valence-electron chi connectivity index (χ1n) is 14.1. The van der Waals surface area contributed by atoms with Gasteiger partial charge < -0.3 is 19.6 Å². The van der Waals surface area contributed by atoms with Gasteiger partial charge >= 0.3 is 5.97 Å². The smallest absolute Gasteiger partial charge is 0.310 e. The van der Waals surface area contributed by atoms with Crippen molar-refractivity contribution in [2.24, 2.45) is 18.4 Å². The van der Waals surface area contributed by atoms with Gasteiger partial charge in [0.15, 0.2) is 11.6 Å². The van der Waals surface area contributed by atoms with Gasteiger partial charge in [0, 0.05) is 43.7 Å². The van der Waals surface area contributed by atoms with Crippen molar-refractivity contribution in [3.8, 4) is 5.75 Å². The molecule has 3 heterocycles. The average Bonchev–Trinajstić information content (AvgIpc) is 3.52. The molecule has 0 radical (unpaired) electrons. The number of carboxylic acid groups (broad SMARTS) is 1.